The lowest BCUT2D eigenvalue weighted by Crippen LogP contribution is -2.21. The minimum absolute atomic E-state index is 0.307. The quantitative estimate of drug-likeness (QED) is 0.658. The molecule has 4 heteroatoms. The second-order valence-corrected chi connectivity index (χ2v) is 4.12. The van der Waals surface area contributed by atoms with Crippen molar-refractivity contribution in [1.29, 1.82) is 0 Å². The Morgan fingerprint density at radius 3 is 2.89 bits per heavy atom. The molecule has 1 aromatic carbocycles. The fraction of sp³-hybridized carbons (Fsp3) is 0.571. The molecule has 102 valence electrons. The summed E-state index contributed by atoms with van der Waals surface area (Å²) >= 11 is 0. The summed E-state index contributed by atoms with van der Waals surface area (Å²) in [5.74, 6) is 0.746. The summed E-state index contributed by atoms with van der Waals surface area (Å²) in [5.41, 5.74) is 0.816. The molecule has 0 radical (unpaired) electrons. The van der Waals surface area contributed by atoms with Gasteiger partial charge < -0.3 is 19.9 Å². The van der Waals surface area contributed by atoms with Crippen LogP contribution in [0.15, 0.2) is 24.3 Å². The van der Waals surface area contributed by atoms with Gasteiger partial charge in [0.2, 0.25) is 0 Å². The van der Waals surface area contributed by atoms with Crippen molar-refractivity contribution >= 4 is 0 Å². The van der Waals surface area contributed by atoms with Gasteiger partial charge in [-0.3, -0.25) is 0 Å². The lowest BCUT2D eigenvalue weighted by molar-refractivity contribution is 0.0373. The Bertz CT molecular complexity index is 331. The molecule has 1 aromatic rings. The van der Waals surface area contributed by atoms with Gasteiger partial charge >= 0.3 is 0 Å². The maximum Gasteiger partial charge on any atom is 0.119 e. The van der Waals surface area contributed by atoms with Crippen LogP contribution in [0.25, 0.3) is 0 Å². The van der Waals surface area contributed by atoms with Crippen molar-refractivity contribution in [2.45, 2.75) is 19.4 Å². The van der Waals surface area contributed by atoms with Gasteiger partial charge in [-0.15, -0.1) is 0 Å². The molecule has 0 saturated carbocycles. The molecule has 1 rings (SSSR count). The number of ether oxygens (including phenoxy) is 2. The van der Waals surface area contributed by atoms with Crippen molar-refractivity contribution in [3.05, 3.63) is 29.8 Å². The van der Waals surface area contributed by atoms with Gasteiger partial charge in [0.1, 0.15) is 11.9 Å². The standard InChI is InChI=1S/C14H23NO3/c1-3-7-15-8-9-18-11-14(16)12-5-4-6-13(10-12)17-2/h4-6,10,14-16H,3,7-9,11H2,1-2H3. The van der Waals surface area contributed by atoms with E-state index < -0.39 is 6.10 Å². The van der Waals surface area contributed by atoms with Crippen LogP contribution in [-0.4, -0.2) is 38.5 Å². The predicted molar refractivity (Wildman–Crippen MR) is 71.9 cm³/mol. The smallest absolute Gasteiger partial charge is 0.119 e. The first-order valence-electron chi connectivity index (χ1n) is 6.38. The van der Waals surface area contributed by atoms with Crippen LogP contribution in [0.2, 0.25) is 0 Å². The fourth-order valence-corrected chi connectivity index (χ4v) is 1.59. The van der Waals surface area contributed by atoms with E-state index in [2.05, 4.69) is 12.2 Å². The lowest BCUT2D eigenvalue weighted by Gasteiger charge is -2.12. The SMILES string of the molecule is CCCNCCOCC(O)c1cccc(OC)c1. The molecule has 0 bridgehead atoms. The molecule has 0 saturated heterocycles. The highest BCUT2D eigenvalue weighted by Gasteiger charge is 2.08. The molecular formula is C14H23NO3. The van der Waals surface area contributed by atoms with Crippen LogP contribution in [0.1, 0.15) is 25.0 Å². The van der Waals surface area contributed by atoms with E-state index in [4.69, 9.17) is 9.47 Å². The van der Waals surface area contributed by atoms with Gasteiger partial charge in [-0.2, -0.15) is 0 Å². The molecule has 0 spiro atoms. The first-order valence-corrected chi connectivity index (χ1v) is 6.38. The third kappa shape index (κ3) is 5.49. The number of aliphatic hydroxyl groups excluding tert-OH is 1. The lowest BCUT2D eigenvalue weighted by atomic mass is 10.1. The summed E-state index contributed by atoms with van der Waals surface area (Å²) in [5, 5.41) is 13.2. The van der Waals surface area contributed by atoms with E-state index in [9.17, 15) is 5.11 Å². The highest BCUT2D eigenvalue weighted by molar-refractivity contribution is 5.29. The van der Waals surface area contributed by atoms with E-state index >= 15 is 0 Å². The minimum atomic E-state index is -0.605. The number of hydrogen-bond donors (Lipinski definition) is 2. The number of benzene rings is 1. The molecule has 2 N–H and O–H groups in total. The molecule has 1 unspecified atom stereocenters. The van der Waals surface area contributed by atoms with Crippen molar-refractivity contribution < 1.29 is 14.6 Å². The predicted octanol–water partition coefficient (Wildman–Crippen LogP) is 1.74. The van der Waals surface area contributed by atoms with Gasteiger partial charge in [-0.25, -0.2) is 0 Å². The Labute approximate surface area is 109 Å². The number of hydrogen-bond acceptors (Lipinski definition) is 4. The van der Waals surface area contributed by atoms with E-state index in [1.165, 1.54) is 0 Å². The normalized spacial score (nSPS) is 12.4. The largest absolute Gasteiger partial charge is 0.497 e. The van der Waals surface area contributed by atoms with Crippen molar-refractivity contribution in [3.63, 3.8) is 0 Å². The van der Waals surface area contributed by atoms with Crippen LogP contribution in [0.4, 0.5) is 0 Å². The average molecular weight is 253 g/mol. The van der Waals surface area contributed by atoms with Crippen LogP contribution in [0, 0.1) is 0 Å². The maximum atomic E-state index is 9.94. The van der Waals surface area contributed by atoms with Gasteiger partial charge in [0.25, 0.3) is 0 Å². The Kier molecular flexibility index (Phi) is 7.41. The summed E-state index contributed by atoms with van der Waals surface area (Å²) in [6.45, 7) is 4.86. The molecule has 0 aliphatic heterocycles. The number of rotatable bonds is 9. The van der Waals surface area contributed by atoms with Gasteiger partial charge in [-0.05, 0) is 30.7 Å². The van der Waals surface area contributed by atoms with Crippen LogP contribution in [0.5, 0.6) is 5.75 Å². The molecule has 0 aliphatic rings. The van der Waals surface area contributed by atoms with Crippen LogP contribution < -0.4 is 10.1 Å². The molecule has 0 aromatic heterocycles. The second-order valence-electron chi connectivity index (χ2n) is 4.12. The monoisotopic (exact) mass is 253 g/mol. The van der Waals surface area contributed by atoms with Crippen LogP contribution in [-0.2, 0) is 4.74 Å². The van der Waals surface area contributed by atoms with Gasteiger partial charge in [0.05, 0.1) is 20.3 Å². The summed E-state index contributed by atoms with van der Waals surface area (Å²) in [7, 11) is 1.61. The molecule has 0 fully saturated rings. The number of methoxy groups -OCH3 is 1. The Morgan fingerprint density at radius 1 is 1.33 bits per heavy atom. The fourth-order valence-electron chi connectivity index (χ4n) is 1.59. The highest BCUT2D eigenvalue weighted by Crippen LogP contribution is 2.19. The topological polar surface area (TPSA) is 50.7 Å². The van der Waals surface area contributed by atoms with Crippen molar-refractivity contribution in [1.82, 2.24) is 5.32 Å². The molecule has 18 heavy (non-hydrogen) atoms. The van der Waals surface area contributed by atoms with Gasteiger partial charge in [0, 0.05) is 6.54 Å². The molecular weight excluding hydrogens is 230 g/mol. The zero-order valence-corrected chi connectivity index (χ0v) is 11.2. The second kappa shape index (κ2) is 8.91. The number of aliphatic hydroxyl groups is 1. The number of nitrogens with one attached hydrogen (secondary N) is 1. The summed E-state index contributed by atoms with van der Waals surface area (Å²) in [6, 6.07) is 7.40. The minimum Gasteiger partial charge on any atom is -0.497 e. The highest BCUT2D eigenvalue weighted by atomic mass is 16.5. The Morgan fingerprint density at radius 2 is 2.17 bits per heavy atom. The van der Waals surface area contributed by atoms with Crippen LogP contribution >= 0.6 is 0 Å². The molecule has 1 atom stereocenters. The molecule has 0 amide bonds. The van der Waals surface area contributed by atoms with Crippen molar-refractivity contribution in [3.8, 4) is 5.75 Å². The van der Waals surface area contributed by atoms with Gasteiger partial charge in [0.15, 0.2) is 0 Å². The van der Waals surface area contributed by atoms with Gasteiger partial charge in [-0.1, -0.05) is 19.1 Å². The summed E-state index contributed by atoms with van der Waals surface area (Å²) in [4.78, 5) is 0. The zero-order valence-electron chi connectivity index (χ0n) is 11.2. The Hall–Kier alpha value is -1.10. The first kappa shape index (κ1) is 15.0. The summed E-state index contributed by atoms with van der Waals surface area (Å²) < 4.78 is 10.5. The maximum absolute atomic E-state index is 9.94. The Balaban J connectivity index is 2.25. The first-order chi connectivity index (χ1) is 8.77. The van der Waals surface area contributed by atoms with E-state index in [0.29, 0.717) is 13.2 Å². The van der Waals surface area contributed by atoms with E-state index in [1.54, 1.807) is 7.11 Å². The van der Waals surface area contributed by atoms with E-state index in [0.717, 1.165) is 30.8 Å². The molecule has 4 nitrogen and oxygen atoms in total. The zero-order chi connectivity index (χ0) is 13.2. The molecule has 0 aliphatic carbocycles. The third-order valence-corrected chi connectivity index (χ3v) is 2.60. The van der Waals surface area contributed by atoms with Crippen LogP contribution in [0.3, 0.4) is 0 Å². The van der Waals surface area contributed by atoms with E-state index in [-0.39, 0.29) is 0 Å². The van der Waals surface area contributed by atoms with Crippen molar-refractivity contribution in [2.75, 3.05) is 33.4 Å². The molecule has 0 heterocycles. The summed E-state index contributed by atoms with van der Waals surface area (Å²) in [6.07, 6.45) is 0.512. The average Bonchev–Trinajstić information content (AvgIpc) is 2.42. The third-order valence-electron chi connectivity index (χ3n) is 2.60. The van der Waals surface area contributed by atoms with E-state index in [1.807, 2.05) is 24.3 Å². The van der Waals surface area contributed by atoms with Crippen molar-refractivity contribution in [2.24, 2.45) is 0 Å².